The minimum Gasteiger partial charge on any atom is -0.371 e. The van der Waals surface area contributed by atoms with Crippen molar-refractivity contribution in [2.75, 3.05) is 24.5 Å². The molecule has 0 aliphatic carbocycles. The molecule has 2 heterocycles. The van der Waals surface area contributed by atoms with Gasteiger partial charge in [-0.1, -0.05) is 18.2 Å². The lowest BCUT2D eigenvalue weighted by Gasteiger charge is -2.19. The molecular weight excluding hydrogens is 262 g/mol. The Balaban J connectivity index is 1.49. The molecule has 21 heavy (non-hydrogen) atoms. The van der Waals surface area contributed by atoms with Crippen LogP contribution >= 0.6 is 0 Å². The maximum Gasteiger partial charge on any atom is 0.167 e. The van der Waals surface area contributed by atoms with Crippen LogP contribution in [0, 0.1) is 5.92 Å². The minimum absolute atomic E-state index is 0.206. The number of para-hydroxylation sites is 1. The highest BCUT2D eigenvalue weighted by Gasteiger charge is 2.23. The number of anilines is 1. The van der Waals surface area contributed by atoms with Crippen molar-refractivity contribution in [2.45, 2.75) is 19.4 Å². The van der Waals surface area contributed by atoms with Crippen molar-refractivity contribution in [2.24, 2.45) is 13.0 Å². The van der Waals surface area contributed by atoms with Crippen molar-refractivity contribution in [3.8, 4) is 0 Å². The smallest absolute Gasteiger partial charge is 0.167 e. The Morgan fingerprint density at radius 3 is 2.86 bits per heavy atom. The average Bonchev–Trinajstić information content (AvgIpc) is 3.15. The number of nitrogens with zero attached hydrogens (tertiary/aromatic N) is 4. The van der Waals surface area contributed by atoms with Crippen molar-refractivity contribution < 1.29 is 0 Å². The zero-order chi connectivity index (χ0) is 14.7. The van der Waals surface area contributed by atoms with Gasteiger partial charge in [-0.2, -0.15) is 5.10 Å². The van der Waals surface area contributed by atoms with E-state index >= 15 is 0 Å². The molecular formula is C16H23N5. The lowest BCUT2D eigenvalue weighted by molar-refractivity contribution is 0.460. The van der Waals surface area contributed by atoms with Crippen molar-refractivity contribution in [3.05, 3.63) is 42.5 Å². The van der Waals surface area contributed by atoms with Crippen LogP contribution in [0.4, 0.5) is 5.69 Å². The fourth-order valence-electron chi connectivity index (χ4n) is 2.86. The first-order chi connectivity index (χ1) is 10.2. The molecule has 0 spiro atoms. The molecule has 0 bridgehead atoms. The summed E-state index contributed by atoms with van der Waals surface area (Å²) in [5.41, 5.74) is 1.33. The van der Waals surface area contributed by atoms with Gasteiger partial charge in [-0.05, 0) is 31.4 Å². The second-order valence-electron chi connectivity index (χ2n) is 5.84. The monoisotopic (exact) mass is 285 g/mol. The maximum absolute atomic E-state index is 4.35. The van der Waals surface area contributed by atoms with Gasteiger partial charge in [0.15, 0.2) is 5.82 Å². The molecule has 1 aromatic carbocycles. The SMILES string of the molecule is C[C@H](NC[C@H]1CCN(c2ccccc2)C1)c1ncn(C)n1. The molecule has 1 aliphatic rings. The first kappa shape index (κ1) is 14.1. The standard InChI is InChI=1S/C16H23N5/c1-13(16-18-12-20(2)19-16)17-10-14-8-9-21(11-14)15-6-4-3-5-7-15/h3-7,12-14,17H,8-11H2,1-2H3/t13-,14+/m0/s1. The Hall–Kier alpha value is -1.88. The third-order valence-electron chi connectivity index (χ3n) is 4.12. The van der Waals surface area contributed by atoms with Gasteiger partial charge in [0.05, 0.1) is 6.04 Å². The van der Waals surface area contributed by atoms with Crippen LogP contribution in [0.3, 0.4) is 0 Å². The van der Waals surface area contributed by atoms with Crippen LogP contribution in [0.5, 0.6) is 0 Å². The van der Waals surface area contributed by atoms with E-state index in [-0.39, 0.29) is 6.04 Å². The van der Waals surface area contributed by atoms with Gasteiger partial charge >= 0.3 is 0 Å². The number of aromatic nitrogens is 3. The quantitative estimate of drug-likeness (QED) is 0.912. The first-order valence-electron chi connectivity index (χ1n) is 7.61. The second kappa shape index (κ2) is 6.26. The summed E-state index contributed by atoms with van der Waals surface area (Å²) in [5, 5.41) is 7.91. The molecule has 2 aromatic rings. The first-order valence-corrected chi connectivity index (χ1v) is 7.61. The zero-order valence-electron chi connectivity index (χ0n) is 12.7. The normalized spacial score (nSPS) is 19.9. The molecule has 1 saturated heterocycles. The molecule has 5 heteroatoms. The predicted molar refractivity (Wildman–Crippen MR) is 84.2 cm³/mol. The van der Waals surface area contributed by atoms with Gasteiger partial charge < -0.3 is 10.2 Å². The van der Waals surface area contributed by atoms with Gasteiger partial charge in [0, 0.05) is 32.4 Å². The van der Waals surface area contributed by atoms with Gasteiger partial charge in [-0.15, -0.1) is 0 Å². The van der Waals surface area contributed by atoms with Gasteiger partial charge in [0.2, 0.25) is 0 Å². The van der Waals surface area contributed by atoms with Gasteiger partial charge in [-0.25, -0.2) is 4.98 Å². The molecule has 0 saturated carbocycles. The molecule has 3 rings (SSSR count). The van der Waals surface area contributed by atoms with E-state index < -0.39 is 0 Å². The number of hydrogen-bond acceptors (Lipinski definition) is 4. The van der Waals surface area contributed by atoms with E-state index in [1.165, 1.54) is 12.1 Å². The average molecular weight is 285 g/mol. The number of nitrogens with one attached hydrogen (secondary N) is 1. The summed E-state index contributed by atoms with van der Waals surface area (Å²) in [6.45, 7) is 5.41. The molecule has 1 aliphatic heterocycles. The van der Waals surface area contributed by atoms with E-state index in [9.17, 15) is 0 Å². The lowest BCUT2D eigenvalue weighted by atomic mass is 10.1. The summed E-state index contributed by atoms with van der Waals surface area (Å²) in [6.07, 6.45) is 2.99. The highest BCUT2D eigenvalue weighted by molar-refractivity contribution is 5.46. The van der Waals surface area contributed by atoms with Crippen LogP contribution in [-0.2, 0) is 7.05 Å². The fourth-order valence-corrected chi connectivity index (χ4v) is 2.86. The van der Waals surface area contributed by atoms with Crippen molar-refractivity contribution in [1.82, 2.24) is 20.1 Å². The third kappa shape index (κ3) is 3.42. The fraction of sp³-hybridized carbons (Fsp3) is 0.500. The minimum atomic E-state index is 0.206. The molecule has 0 unspecified atom stereocenters. The molecule has 1 N–H and O–H groups in total. The van der Waals surface area contributed by atoms with E-state index in [0.717, 1.165) is 25.5 Å². The highest BCUT2D eigenvalue weighted by Crippen LogP contribution is 2.23. The van der Waals surface area contributed by atoms with E-state index in [4.69, 9.17) is 0 Å². The molecule has 0 amide bonds. The van der Waals surface area contributed by atoms with Crippen LogP contribution in [0.25, 0.3) is 0 Å². The maximum atomic E-state index is 4.35. The topological polar surface area (TPSA) is 46.0 Å². The van der Waals surface area contributed by atoms with Gasteiger partial charge in [0.1, 0.15) is 6.33 Å². The Bertz CT molecular complexity index is 565. The van der Waals surface area contributed by atoms with Crippen LogP contribution in [-0.4, -0.2) is 34.4 Å². The van der Waals surface area contributed by atoms with Crippen molar-refractivity contribution in [3.63, 3.8) is 0 Å². The summed E-state index contributed by atoms with van der Waals surface area (Å²) < 4.78 is 1.75. The van der Waals surface area contributed by atoms with Crippen LogP contribution < -0.4 is 10.2 Å². The van der Waals surface area contributed by atoms with E-state index in [0.29, 0.717) is 5.92 Å². The second-order valence-corrected chi connectivity index (χ2v) is 5.84. The number of rotatable bonds is 5. The third-order valence-corrected chi connectivity index (χ3v) is 4.12. The number of hydrogen-bond donors (Lipinski definition) is 1. The van der Waals surface area contributed by atoms with Crippen molar-refractivity contribution >= 4 is 5.69 Å². The van der Waals surface area contributed by atoms with E-state index in [2.05, 4.69) is 57.6 Å². The predicted octanol–water partition coefficient (Wildman–Crippen LogP) is 1.99. The molecule has 5 nitrogen and oxygen atoms in total. The lowest BCUT2D eigenvalue weighted by Crippen LogP contribution is -2.28. The van der Waals surface area contributed by atoms with Gasteiger partial charge in [0.25, 0.3) is 0 Å². The van der Waals surface area contributed by atoms with Crippen LogP contribution in [0.1, 0.15) is 25.2 Å². The number of benzene rings is 1. The summed E-state index contributed by atoms with van der Waals surface area (Å²) in [7, 11) is 1.90. The summed E-state index contributed by atoms with van der Waals surface area (Å²) in [6, 6.07) is 10.9. The Morgan fingerprint density at radius 2 is 2.14 bits per heavy atom. The molecule has 1 aromatic heterocycles. The Labute approximate surface area is 126 Å². The van der Waals surface area contributed by atoms with Gasteiger partial charge in [-0.3, -0.25) is 4.68 Å². The van der Waals surface area contributed by atoms with Crippen LogP contribution in [0.15, 0.2) is 36.7 Å². The zero-order valence-corrected chi connectivity index (χ0v) is 12.7. The van der Waals surface area contributed by atoms with E-state index in [1.54, 1.807) is 11.0 Å². The highest BCUT2D eigenvalue weighted by atomic mass is 15.3. The van der Waals surface area contributed by atoms with E-state index in [1.807, 2.05) is 7.05 Å². The van der Waals surface area contributed by atoms with Crippen molar-refractivity contribution in [1.29, 1.82) is 0 Å². The summed E-state index contributed by atoms with van der Waals surface area (Å²) in [5.74, 6) is 1.56. The molecule has 0 radical (unpaired) electrons. The summed E-state index contributed by atoms with van der Waals surface area (Å²) in [4.78, 5) is 6.77. The number of aryl methyl sites for hydroxylation is 1. The molecule has 112 valence electrons. The Morgan fingerprint density at radius 1 is 1.33 bits per heavy atom. The van der Waals surface area contributed by atoms with Crippen LogP contribution in [0.2, 0.25) is 0 Å². The Kier molecular flexibility index (Phi) is 4.20. The largest absolute Gasteiger partial charge is 0.371 e. The summed E-state index contributed by atoms with van der Waals surface area (Å²) >= 11 is 0. The molecule has 1 fully saturated rings. The molecule has 2 atom stereocenters.